The van der Waals surface area contributed by atoms with Crippen LogP contribution in [0.15, 0.2) is 0 Å². The molecule has 0 radical (unpaired) electrons. The lowest BCUT2D eigenvalue weighted by Crippen LogP contribution is -2.33. The van der Waals surface area contributed by atoms with Crippen molar-refractivity contribution in [3.63, 3.8) is 0 Å². The van der Waals surface area contributed by atoms with Crippen molar-refractivity contribution in [2.45, 2.75) is 24.3 Å². The standard InChI is InChI=1S/C8H14O2S2/c1-3-10-7(9)8(2)11-5-4-6-12-8/h3-6H2,1-2H3. The number of thioether (sulfide) groups is 2. The number of esters is 1. The third-order valence-electron chi connectivity index (χ3n) is 1.69. The van der Waals surface area contributed by atoms with Crippen molar-refractivity contribution in [3.05, 3.63) is 0 Å². The molecule has 1 fully saturated rings. The molecule has 70 valence electrons. The molecule has 1 aliphatic heterocycles. The molecule has 12 heavy (non-hydrogen) atoms. The second-order valence-corrected chi connectivity index (χ2v) is 6.00. The SMILES string of the molecule is CCOC(=O)C1(C)SCCCS1. The van der Waals surface area contributed by atoms with Gasteiger partial charge in [-0.3, -0.25) is 0 Å². The van der Waals surface area contributed by atoms with Crippen LogP contribution in [0.4, 0.5) is 0 Å². The quantitative estimate of drug-likeness (QED) is 0.647. The van der Waals surface area contributed by atoms with Crippen molar-refractivity contribution < 1.29 is 9.53 Å². The van der Waals surface area contributed by atoms with Gasteiger partial charge in [0.15, 0.2) is 4.08 Å². The van der Waals surface area contributed by atoms with Gasteiger partial charge < -0.3 is 4.74 Å². The van der Waals surface area contributed by atoms with E-state index < -0.39 is 0 Å². The number of hydrogen-bond acceptors (Lipinski definition) is 4. The van der Waals surface area contributed by atoms with Crippen LogP contribution >= 0.6 is 23.5 Å². The first-order valence-electron chi connectivity index (χ1n) is 4.14. The first-order chi connectivity index (χ1) is 5.69. The van der Waals surface area contributed by atoms with E-state index in [0.29, 0.717) is 6.61 Å². The summed E-state index contributed by atoms with van der Waals surface area (Å²) in [5.74, 6) is 2.07. The Hall–Kier alpha value is 0.170. The fourth-order valence-corrected chi connectivity index (χ4v) is 3.74. The zero-order valence-electron chi connectivity index (χ0n) is 7.46. The highest BCUT2D eigenvalue weighted by molar-refractivity contribution is 8.19. The van der Waals surface area contributed by atoms with Crippen LogP contribution in [-0.2, 0) is 9.53 Å². The maximum atomic E-state index is 11.5. The Bertz CT molecular complexity index is 164. The first-order valence-corrected chi connectivity index (χ1v) is 6.11. The summed E-state index contributed by atoms with van der Waals surface area (Å²) in [5, 5.41) is 0. The zero-order chi connectivity index (χ0) is 9.03. The minimum absolute atomic E-state index is 0.0697. The second-order valence-electron chi connectivity index (χ2n) is 2.72. The molecule has 4 heteroatoms. The molecular weight excluding hydrogens is 192 g/mol. The van der Waals surface area contributed by atoms with E-state index in [1.54, 1.807) is 23.5 Å². The number of rotatable bonds is 2. The van der Waals surface area contributed by atoms with Gasteiger partial charge in [-0.05, 0) is 31.8 Å². The molecular formula is C8H14O2S2. The number of ether oxygens (including phenoxy) is 1. The molecule has 1 aliphatic rings. The Balaban J connectivity index is 2.50. The molecule has 0 aromatic heterocycles. The average Bonchev–Trinajstić information content (AvgIpc) is 2.06. The molecule has 0 aliphatic carbocycles. The minimum Gasteiger partial charge on any atom is -0.464 e. The third-order valence-corrected chi connectivity index (χ3v) is 4.82. The van der Waals surface area contributed by atoms with E-state index in [-0.39, 0.29) is 10.0 Å². The summed E-state index contributed by atoms with van der Waals surface area (Å²) >= 11 is 3.40. The summed E-state index contributed by atoms with van der Waals surface area (Å²) in [6, 6.07) is 0. The highest BCUT2D eigenvalue weighted by Crippen LogP contribution is 2.42. The Labute approximate surface area is 81.8 Å². The molecule has 0 unspecified atom stereocenters. The predicted octanol–water partition coefficient (Wildman–Crippen LogP) is 2.14. The molecule has 0 bridgehead atoms. The second kappa shape index (κ2) is 4.42. The smallest absolute Gasteiger partial charge is 0.332 e. The van der Waals surface area contributed by atoms with E-state index in [1.807, 2.05) is 13.8 Å². The van der Waals surface area contributed by atoms with Crippen molar-refractivity contribution in [2.75, 3.05) is 18.1 Å². The summed E-state index contributed by atoms with van der Waals surface area (Å²) in [6.45, 7) is 4.29. The van der Waals surface area contributed by atoms with Crippen LogP contribution in [0.1, 0.15) is 20.3 Å². The minimum atomic E-state index is -0.339. The van der Waals surface area contributed by atoms with Crippen molar-refractivity contribution in [3.8, 4) is 0 Å². The normalized spacial score (nSPS) is 21.8. The van der Waals surface area contributed by atoms with Crippen molar-refractivity contribution in [1.29, 1.82) is 0 Å². The lowest BCUT2D eigenvalue weighted by Gasteiger charge is -2.29. The van der Waals surface area contributed by atoms with Gasteiger partial charge in [0.25, 0.3) is 0 Å². The molecule has 0 spiro atoms. The monoisotopic (exact) mass is 206 g/mol. The van der Waals surface area contributed by atoms with E-state index in [0.717, 1.165) is 11.5 Å². The Morgan fingerprint density at radius 2 is 2.08 bits per heavy atom. The van der Waals surface area contributed by atoms with Gasteiger partial charge in [-0.1, -0.05) is 0 Å². The zero-order valence-corrected chi connectivity index (χ0v) is 9.09. The summed E-state index contributed by atoms with van der Waals surface area (Å²) in [5.41, 5.74) is 0. The van der Waals surface area contributed by atoms with Gasteiger partial charge >= 0.3 is 5.97 Å². The highest BCUT2D eigenvalue weighted by Gasteiger charge is 2.37. The fourth-order valence-electron chi connectivity index (χ4n) is 1.01. The summed E-state index contributed by atoms with van der Waals surface area (Å²) < 4.78 is 4.66. The van der Waals surface area contributed by atoms with Crippen LogP contribution in [0.5, 0.6) is 0 Å². The molecule has 1 rings (SSSR count). The van der Waals surface area contributed by atoms with Crippen molar-refractivity contribution in [1.82, 2.24) is 0 Å². The fraction of sp³-hybridized carbons (Fsp3) is 0.875. The van der Waals surface area contributed by atoms with Gasteiger partial charge in [0.2, 0.25) is 0 Å². The van der Waals surface area contributed by atoms with Gasteiger partial charge in [0.05, 0.1) is 6.61 Å². The van der Waals surface area contributed by atoms with Crippen molar-refractivity contribution in [2.24, 2.45) is 0 Å². The van der Waals surface area contributed by atoms with E-state index >= 15 is 0 Å². The molecule has 1 saturated heterocycles. The maximum Gasteiger partial charge on any atom is 0.332 e. The topological polar surface area (TPSA) is 26.3 Å². The van der Waals surface area contributed by atoms with E-state index in [9.17, 15) is 4.79 Å². The maximum absolute atomic E-state index is 11.5. The Morgan fingerprint density at radius 1 is 1.50 bits per heavy atom. The largest absolute Gasteiger partial charge is 0.464 e. The molecule has 0 N–H and O–H groups in total. The number of carbonyl (C=O) groups is 1. The average molecular weight is 206 g/mol. The summed E-state index contributed by atoms with van der Waals surface area (Å²) in [4.78, 5) is 11.5. The summed E-state index contributed by atoms with van der Waals surface area (Å²) in [6.07, 6.45) is 1.20. The van der Waals surface area contributed by atoms with Crippen LogP contribution in [0, 0.1) is 0 Å². The first kappa shape index (κ1) is 10.3. The van der Waals surface area contributed by atoms with Gasteiger partial charge in [-0.2, -0.15) is 0 Å². The van der Waals surface area contributed by atoms with Crippen LogP contribution in [0.3, 0.4) is 0 Å². The van der Waals surface area contributed by atoms with Crippen LogP contribution < -0.4 is 0 Å². The van der Waals surface area contributed by atoms with Gasteiger partial charge in [0.1, 0.15) is 0 Å². The van der Waals surface area contributed by atoms with Gasteiger partial charge in [0, 0.05) is 0 Å². The van der Waals surface area contributed by atoms with E-state index in [1.165, 1.54) is 6.42 Å². The summed E-state index contributed by atoms with van der Waals surface area (Å²) in [7, 11) is 0. The van der Waals surface area contributed by atoms with Crippen molar-refractivity contribution >= 4 is 29.5 Å². The molecule has 0 aromatic carbocycles. The lowest BCUT2D eigenvalue weighted by molar-refractivity contribution is -0.143. The van der Waals surface area contributed by atoms with E-state index in [2.05, 4.69) is 0 Å². The van der Waals surface area contributed by atoms with Crippen LogP contribution in [0.2, 0.25) is 0 Å². The number of hydrogen-bond donors (Lipinski definition) is 0. The molecule has 0 saturated carbocycles. The predicted molar refractivity (Wildman–Crippen MR) is 54.6 cm³/mol. The molecule has 2 nitrogen and oxygen atoms in total. The van der Waals surface area contributed by atoms with Crippen LogP contribution in [0.25, 0.3) is 0 Å². The van der Waals surface area contributed by atoms with Crippen LogP contribution in [-0.4, -0.2) is 28.2 Å². The number of carbonyl (C=O) groups excluding carboxylic acids is 1. The third kappa shape index (κ3) is 2.33. The Kier molecular flexibility index (Phi) is 3.77. The lowest BCUT2D eigenvalue weighted by atomic mass is 10.5. The highest BCUT2D eigenvalue weighted by atomic mass is 32.2. The van der Waals surface area contributed by atoms with E-state index in [4.69, 9.17) is 4.74 Å². The Morgan fingerprint density at radius 3 is 2.58 bits per heavy atom. The molecule has 1 heterocycles. The molecule has 0 aromatic rings. The molecule has 0 amide bonds. The van der Waals surface area contributed by atoms with Gasteiger partial charge in [-0.25, -0.2) is 4.79 Å². The van der Waals surface area contributed by atoms with Gasteiger partial charge in [-0.15, -0.1) is 23.5 Å². The molecule has 0 atom stereocenters.